The summed E-state index contributed by atoms with van der Waals surface area (Å²) in [5.41, 5.74) is 2.15. The summed E-state index contributed by atoms with van der Waals surface area (Å²) in [4.78, 5) is 3.76. The Bertz CT molecular complexity index is 231. The van der Waals surface area contributed by atoms with Gasteiger partial charge in [0, 0.05) is 0 Å². The van der Waals surface area contributed by atoms with Crippen LogP contribution in [0, 0.1) is 5.51 Å². The molecule has 0 N–H and O–H groups in total. The lowest BCUT2D eigenvalue weighted by molar-refractivity contribution is 0.146. The maximum Gasteiger partial charge on any atom is 0.281 e. The first-order chi connectivity index (χ1) is 4.75. The van der Waals surface area contributed by atoms with E-state index in [1.165, 1.54) is 6.08 Å². The predicted molar refractivity (Wildman–Crippen MR) is 36.0 cm³/mol. The highest BCUT2D eigenvalue weighted by atomic mass is 32.1. The van der Waals surface area contributed by atoms with E-state index in [-0.39, 0.29) is 5.69 Å². The molecule has 0 aliphatic rings. The zero-order valence-electron chi connectivity index (χ0n) is 4.97. The molecule has 1 aromatic rings. The molecule has 0 amide bonds. The van der Waals surface area contributed by atoms with Crippen LogP contribution in [0.4, 0.5) is 8.78 Å². The van der Waals surface area contributed by atoms with Gasteiger partial charge in [-0.25, -0.2) is 13.8 Å². The van der Waals surface area contributed by atoms with Crippen molar-refractivity contribution < 1.29 is 8.78 Å². The van der Waals surface area contributed by atoms with Crippen molar-refractivity contribution in [2.24, 2.45) is 0 Å². The van der Waals surface area contributed by atoms with Crippen molar-refractivity contribution in [1.29, 1.82) is 0 Å². The van der Waals surface area contributed by atoms with Gasteiger partial charge in [0.1, 0.15) is 5.69 Å². The first kappa shape index (κ1) is 7.34. The molecule has 1 nitrogen and oxygen atoms in total. The number of alkyl halides is 2. The van der Waals surface area contributed by atoms with Crippen molar-refractivity contribution in [2.75, 3.05) is 0 Å². The van der Waals surface area contributed by atoms with E-state index in [4.69, 9.17) is 0 Å². The monoisotopic (exact) mass is 160 g/mol. The average molecular weight is 160 g/mol. The number of hydrogen-bond donors (Lipinski definition) is 0. The van der Waals surface area contributed by atoms with Gasteiger partial charge in [0.15, 0.2) is 5.51 Å². The van der Waals surface area contributed by atoms with Crippen LogP contribution >= 0.6 is 11.3 Å². The molecule has 1 radical (unpaired) electrons. The Balaban J connectivity index is 3.01. The highest BCUT2D eigenvalue weighted by Gasteiger charge is 2.13. The van der Waals surface area contributed by atoms with E-state index < -0.39 is 6.43 Å². The van der Waals surface area contributed by atoms with Crippen LogP contribution in [0.3, 0.4) is 0 Å². The molecule has 1 rings (SSSR count). The Morgan fingerprint density at radius 2 is 2.40 bits per heavy atom. The largest absolute Gasteiger partial charge is 0.281 e. The summed E-state index contributed by atoms with van der Waals surface area (Å²) < 4.78 is 23.8. The number of halogens is 2. The minimum Gasteiger partial charge on any atom is -0.232 e. The highest BCUT2D eigenvalue weighted by molar-refractivity contribution is 7.10. The molecule has 0 spiro atoms. The quantitative estimate of drug-likeness (QED) is 0.647. The number of hydrogen-bond acceptors (Lipinski definition) is 2. The van der Waals surface area contributed by atoms with Crippen molar-refractivity contribution >= 4 is 17.4 Å². The van der Waals surface area contributed by atoms with Crippen LogP contribution in [0.1, 0.15) is 17.0 Å². The van der Waals surface area contributed by atoms with Crippen molar-refractivity contribution in [3.63, 3.8) is 0 Å². The smallest absolute Gasteiger partial charge is 0.232 e. The zero-order chi connectivity index (χ0) is 7.56. The molecule has 1 aromatic heterocycles. The van der Waals surface area contributed by atoms with Crippen LogP contribution in [0.2, 0.25) is 0 Å². The number of thiazole rings is 1. The fourth-order valence-electron chi connectivity index (χ4n) is 0.531. The van der Waals surface area contributed by atoms with Crippen LogP contribution in [0.25, 0.3) is 6.08 Å². The van der Waals surface area contributed by atoms with Crippen molar-refractivity contribution in [3.05, 3.63) is 22.7 Å². The van der Waals surface area contributed by atoms with Crippen LogP contribution < -0.4 is 0 Å². The second-order valence-electron chi connectivity index (χ2n) is 1.56. The molecule has 0 fully saturated rings. The van der Waals surface area contributed by atoms with Gasteiger partial charge in [0.25, 0.3) is 6.43 Å². The van der Waals surface area contributed by atoms with Crippen LogP contribution in [0.5, 0.6) is 0 Å². The van der Waals surface area contributed by atoms with Gasteiger partial charge in [-0.3, -0.25) is 0 Å². The third-order valence-corrected chi connectivity index (χ3v) is 1.74. The normalized spacial score (nSPS) is 10.3. The molecule has 0 aliphatic heterocycles. The molecule has 1 heterocycles. The first-order valence-electron chi connectivity index (χ1n) is 2.53. The molecule has 0 aliphatic carbocycles. The summed E-state index contributed by atoms with van der Waals surface area (Å²) in [5, 5.41) is 0. The maximum absolute atomic E-state index is 11.9. The minimum atomic E-state index is -2.52. The van der Waals surface area contributed by atoms with Gasteiger partial charge in [-0.2, -0.15) is 0 Å². The number of rotatable bonds is 2. The first-order valence-corrected chi connectivity index (χ1v) is 3.34. The lowest BCUT2D eigenvalue weighted by Gasteiger charge is -1.92. The molecule has 0 saturated heterocycles. The molecule has 0 unspecified atom stereocenters. The van der Waals surface area contributed by atoms with E-state index >= 15 is 0 Å². The summed E-state index contributed by atoms with van der Waals surface area (Å²) in [6.07, 6.45) is -1.16. The van der Waals surface area contributed by atoms with Gasteiger partial charge in [-0.15, -0.1) is 11.3 Å². The lowest BCUT2D eigenvalue weighted by Crippen LogP contribution is -1.85. The van der Waals surface area contributed by atoms with Gasteiger partial charge in [-0.1, -0.05) is 12.7 Å². The Hall–Kier alpha value is -0.770. The number of nitrogens with zero attached hydrogens (tertiary/aromatic N) is 1. The zero-order valence-corrected chi connectivity index (χ0v) is 5.79. The van der Waals surface area contributed by atoms with Gasteiger partial charge < -0.3 is 0 Å². The highest BCUT2D eigenvalue weighted by Crippen LogP contribution is 2.24. The standard InChI is InChI=1S/C6H4F2NS/c1-2-4-5(6(7)8)9-3-10-4/h2,6H,1H2. The average Bonchev–Trinajstić information content (AvgIpc) is 2.33. The minimum absolute atomic E-state index is 0.222. The Labute approximate surface area is 61.0 Å². The van der Waals surface area contributed by atoms with E-state index in [1.54, 1.807) is 0 Å². The van der Waals surface area contributed by atoms with Crippen molar-refractivity contribution in [1.82, 2.24) is 4.98 Å². The van der Waals surface area contributed by atoms with Gasteiger partial charge in [0.2, 0.25) is 0 Å². The number of aromatic nitrogens is 1. The van der Waals surface area contributed by atoms with E-state index in [9.17, 15) is 8.78 Å². The summed E-state index contributed by atoms with van der Waals surface area (Å²) in [5.74, 6) is 0. The van der Waals surface area contributed by atoms with E-state index in [1.807, 2.05) is 0 Å². The Morgan fingerprint density at radius 3 is 2.80 bits per heavy atom. The van der Waals surface area contributed by atoms with Crippen LogP contribution in [-0.4, -0.2) is 4.98 Å². The second-order valence-corrected chi connectivity index (χ2v) is 2.39. The fraction of sp³-hybridized carbons (Fsp3) is 0.167. The predicted octanol–water partition coefficient (Wildman–Crippen LogP) is 2.52. The lowest BCUT2D eigenvalue weighted by atomic mass is 10.4. The topological polar surface area (TPSA) is 12.9 Å². The third-order valence-electron chi connectivity index (χ3n) is 0.966. The van der Waals surface area contributed by atoms with E-state index in [2.05, 4.69) is 17.1 Å². The van der Waals surface area contributed by atoms with Crippen molar-refractivity contribution in [3.8, 4) is 0 Å². The maximum atomic E-state index is 11.9. The fourth-order valence-corrected chi connectivity index (χ4v) is 1.10. The Morgan fingerprint density at radius 1 is 1.70 bits per heavy atom. The summed E-state index contributed by atoms with van der Waals surface area (Å²) in [7, 11) is 0. The molecule has 4 heteroatoms. The summed E-state index contributed by atoms with van der Waals surface area (Å²) >= 11 is 1.04. The molecule has 10 heavy (non-hydrogen) atoms. The van der Waals surface area contributed by atoms with Crippen LogP contribution in [0.15, 0.2) is 6.58 Å². The van der Waals surface area contributed by atoms with Crippen LogP contribution in [-0.2, 0) is 0 Å². The third kappa shape index (κ3) is 1.21. The second kappa shape index (κ2) is 2.88. The van der Waals surface area contributed by atoms with Gasteiger partial charge in [-0.05, 0) is 0 Å². The van der Waals surface area contributed by atoms with E-state index in [0.717, 1.165) is 11.3 Å². The molecule has 0 aromatic carbocycles. The molecule has 0 atom stereocenters. The molecule has 0 bridgehead atoms. The SMILES string of the molecule is C=Cc1s[c]nc1C(F)F. The molecule has 53 valence electrons. The molecular formula is C6H4F2NS. The molecular weight excluding hydrogens is 156 g/mol. The van der Waals surface area contributed by atoms with Gasteiger partial charge in [0.05, 0.1) is 4.88 Å². The Kier molecular flexibility index (Phi) is 2.11. The summed E-state index contributed by atoms with van der Waals surface area (Å²) in [6.45, 7) is 3.36. The molecule has 0 saturated carbocycles. The van der Waals surface area contributed by atoms with Crippen molar-refractivity contribution in [2.45, 2.75) is 6.43 Å². The summed E-state index contributed by atoms with van der Waals surface area (Å²) in [6, 6.07) is 0. The van der Waals surface area contributed by atoms with Gasteiger partial charge >= 0.3 is 0 Å². The van der Waals surface area contributed by atoms with E-state index in [0.29, 0.717) is 4.88 Å².